The van der Waals surface area contributed by atoms with Crippen LogP contribution in [0.25, 0.3) is 0 Å². The molecule has 4 rings (SSSR count). The third-order valence-corrected chi connectivity index (χ3v) is 6.71. The number of carbonyl (C=O) groups is 1. The van der Waals surface area contributed by atoms with Gasteiger partial charge in [0.1, 0.15) is 11.1 Å². The Morgan fingerprint density at radius 3 is 2.81 bits per heavy atom. The molecule has 6 nitrogen and oxygen atoms in total. The van der Waals surface area contributed by atoms with E-state index in [9.17, 15) is 9.59 Å². The van der Waals surface area contributed by atoms with Crippen molar-refractivity contribution in [1.29, 1.82) is 0 Å². The second-order valence-electron chi connectivity index (χ2n) is 6.75. The number of benzene rings is 2. The molecule has 0 atom stereocenters. The molecule has 0 saturated carbocycles. The summed E-state index contributed by atoms with van der Waals surface area (Å²) in [4.78, 5) is 26.4. The quantitative estimate of drug-likeness (QED) is 0.425. The Bertz CT molecular complexity index is 1290. The molecule has 0 aliphatic heterocycles. The SMILES string of the molecule is Cc1cccc(Cn2cccc(C(=O)Nc3ccc(Sc4nncs4)c(Cl)c3)c2=O)c1. The zero-order valence-electron chi connectivity index (χ0n) is 16.4. The number of pyridine rings is 1. The summed E-state index contributed by atoms with van der Waals surface area (Å²) in [5.74, 6) is -0.482. The number of amides is 1. The summed E-state index contributed by atoms with van der Waals surface area (Å²) in [6.07, 6.45) is 1.68. The second kappa shape index (κ2) is 9.47. The van der Waals surface area contributed by atoms with E-state index in [-0.39, 0.29) is 11.1 Å². The van der Waals surface area contributed by atoms with Gasteiger partial charge < -0.3 is 9.88 Å². The minimum absolute atomic E-state index is 0.0681. The van der Waals surface area contributed by atoms with Gasteiger partial charge in [-0.2, -0.15) is 0 Å². The average Bonchev–Trinajstić information content (AvgIpc) is 3.25. The van der Waals surface area contributed by atoms with E-state index < -0.39 is 5.91 Å². The predicted molar refractivity (Wildman–Crippen MR) is 124 cm³/mol. The molecular formula is C22H17ClN4O2S2. The van der Waals surface area contributed by atoms with Crippen LogP contribution in [0.15, 0.2) is 80.3 Å². The van der Waals surface area contributed by atoms with Crippen LogP contribution in [0.3, 0.4) is 0 Å². The highest BCUT2D eigenvalue weighted by atomic mass is 35.5. The molecule has 2 aromatic heterocycles. The third kappa shape index (κ3) is 5.22. The molecule has 1 amide bonds. The van der Waals surface area contributed by atoms with Gasteiger partial charge in [0.25, 0.3) is 11.5 Å². The molecule has 2 aromatic carbocycles. The summed E-state index contributed by atoms with van der Waals surface area (Å²) in [6.45, 7) is 2.39. The highest BCUT2D eigenvalue weighted by Crippen LogP contribution is 2.35. The Labute approximate surface area is 191 Å². The predicted octanol–water partition coefficient (Wildman–Crippen LogP) is 5.11. The number of hydrogen-bond donors (Lipinski definition) is 1. The first-order valence-electron chi connectivity index (χ1n) is 9.29. The summed E-state index contributed by atoms with van der Waals surface area (Å²) >= 11 is 9.17. The summed E-state index contributed by atoms with van der Waals surface area (Å²) in [7, 11) is 0. The van der Waals surface area contributed by atoms with Crippen LogP contribution < -0.4 is 10.9 Å². The highest BCUT2D eigenvalue weighted by molar-refractivity contribution is 8.01. The minimum Gasteiger partial charge on any atom is -0.322 e. The van der Waals surface area contributed by atoms with Crippen LogP contribution in [0.4, 0.5) is 5.69 Å². The van der Waals surface area contributed by atoms with E-state index in [1.165, 1.54) is 33.7 Å². The van der Waals surface area contributed by atoms with Gasteiger partial charge in [0, 0.05) is 16.8 Å². The topological polar surface area (TPSA) is 76.9 Å². The van der Waals surface area contributed by atoms with Crippen LogP contribution in [-0.2, 0) is 6.54 Å². The average molecular weight is 469 g/mol. The van der Waals surface area contributed by atoms with Crippen molar-refractivity contribution in [2.75, 3.05) is 5.32 Å². The molecule has 2 heterocycles. The molecule has 156 valence electrons. The number of nitrogens with zero attached hydrogens (tertiary/aromatic N) is 3. The van der Waals surface area contributed by atoms with E-state index in [0.717, 1.165) is 20.4 Å². The smallest absolute Gasteiger partial charge is 0.263 e. The summed E-state index contributed by atoms with van der Waals surface area (Å²) < 4.78 is 2.30. The lowest BCUT2D eigenvalue weighted by molar-refractivity contribution is 0.102. The molecule has 0 bridgehead atoms. The Morgan fingerprint density at radius 2 is 2.06 bits per heavy atom. The van der Waals surface area contributed by atoms with Crippen molar-refractivity contribution in [1.82, 2.24) is 14.8 Å². The normalized spacial score (nSPS) is 10.8. The zero-order valence-corrected chi connectivity index (χ0v) is 18.8. The van der Waals surface area contributed by atoms with Gasteiger partial charge in [-0.3, -0.25) is 9.59 Å². The van der Waals surface area contributed by atoms with E-state index >= 15 is 0 Å². The van der Waals surface area contributed by atoms with Gasteiger partial charge >= 0.3 is 0 Å². The Hall–Kier alpha value is -2.94. The maximum atomic E-state index is 12.8. The highest BCUT2D eigenvalue weighted by Gasteiger charge is 2.14. The lowest BCUT2D eigenvalue weighted by Crippen LogP contribution is -2.29. The molecule has 0 fully saturated rings. The van der Waals surface area contributed by atoms with Gasteiger partial charge in [0.2, 0.25) is 0 Å². The fourth-order valence-corrected chi connectivity index (χ4v) is 4.74. The summed E-state index contributed by atoms with van der Waals surface area (Å²) in [5.41, 5.74) is 3.98. The van der Waals surface area contributed by atoms with E-state index in [2.05, 4.69) is 15.5 Å². The van der Waals surface area contributed by atoms with Crippen LogP contribution in [-0.4, -0.2) is 20.7 Å². The first-order chi connectivity index (χ1) is 15.0. The third-order valence-electron chi connectivity index (χ3n) is 4.43. The number of aromatic nitrogens is 3. The van der Waals surface area contributed by atoms with Crippen molar-refractivity contribution in [3.05, 3.63) is 98.4 Å². The van der Waals surface area contributed by atoms with Crippen molar-refractivity contribution in [3.63, 3.8) is 0 Å². The molecule has 31 heavy (non-hydrogen) atoms. The van der Waals surface area contributed by atoms with Gasteiger partial charge in [0.15, 0.2) is 4.34 Å². The molecule has 0 saturated heterocycles. The number of nitrogens with one attached hydrogen (secondary N) is 1. The van der Waals surface area contributed by atoms with Gasteiger partial charge in [-0.05, 0) is 42.8 Å². The lowest BCUT2D eigenvalue weighted by Gasteiger charge is -2.10. The number of anilines is 1. The van der Waals surface area contributed by atoms with Gasteiger partial charge in [-0.25, -0.2) is 0 Å². The number of carbonyl (C=O) groups excluding carboxylic acids is 1. The van der Waals surface area contributed by atoms with E-state index in [4.69, 9.17) is 11.6 Å². The first kappa shape index (κ1) is 21.3. The fraction of sp³-hybridized carbons (Fsp3) is 0.0909. The Kier molecular flexibility index (Phi) is 6.50. The molecule has 0 radical (unpaired) electrons. The van der Waals surface area contributed by atoms with Crippen molar-refractivity contribution in [2.45, 2.75) is 22.7 Å². The van der Waals surface area contributed by atoms with E-state index in [1.54, 1.807) is 36.0 Å². The van der Waals surface area contributed by atoms with Crippen LogP contribution >= 0.6 is 34.7 Å². The zero-order chi connectivity index (χ0) is 21.8. The summed E-state index contributed by atoms with van der Waals surface area (Å²) in [6, 6.07) is 16.3. The Balaban J connectivity index is 1.51. The molecular weight excluding hydrogens is 452 g/mol. The van der Waals surface area contributed by atoms with E-state index in [1.807, 2.05) is 31.2 Å². The van der Waals surface area contributed by atoms with Gasteiger partial charge in [0.05, 0.1) is 11.6 Å². The fourth-order valence-electron chi connectivity index (χ4n) is 3.00. The van der Waals surface area contributed by atoms with Crippen molar-refractivity contribution < 1.29 is 4.79 Å². The molecule has 0 aliphatic rings. The number of halogens is 1. The van der Waals surface area contributed by atoms with Gasteiger partial charge in [-0.15, -0.1) is 10.2 Å². The Morgan fingerprint density at radius 1 is 1.19 bits per heavy atom. The summed E-state index contributed by atoms with van der Waals surface area (Å²) in [5, 5.41) is 11.0. The van der Waals surface area contributed by atoms with Gasteiger partial charge in [-0.1, -0.05) is 64.5 Å². The molecule has 1 N–H and O–H groups in total. The minimum atomic E-state index is -0.482. The largest absolute Gasteiger partial charge is 0.322 e. The molecule has 0 aliphatic carbocycles. The maximum absolute atomic E-state index is 12.8. The first-order valence-corrected chi connectivity index (χ1v) is 11.4. The van der Waals surface area contributed by atoms with Crippen molar-refractivity contribution in [3.8, 4) is 0 Å². The van der Waals surface area contributed by atoms with Crippen LogP contribution in [0.5, 0.6) is 0 Å². The van der Waals surface area contributed by atoms with Crippen LogP contribution in [0, 0.1) is 6.92 Å². The molecule has 9 heteroatoms. The number of hydrogen-bond acceptors (Lipinski definition) is 6. The second-order valence-corrected chi connectivity index (χ2v) is 9.28. The number of rotatable bonds is 6. The van der Waals surface area contributed by atoms with Crippen LogP contribution in [0.1, 0.15) is 21.5 Å². The lowest BCUT2D eigenvalue weighted by atomic mass is 10.1. The monoisotopic (exact) mass is 468 g/mol. The van der Waals surface area contributed by atoms with Crippen molar-refractivity contribution >= 4 is 46.3 Å². The van der Waals surface area contributed by atoms with Crippen LogP contribution in [0.2, 0.25) is 5.02 Å². The molecule has 0 spiro atoms. The van der Waals surface area contributed by atoms with Crippen molar-refractivity contribution in [2.24, 2.45) is 0 Å². The standard InChI is InChI=1S/C22H17ClN4O2S2/c1-14-4-2-5-15(10-14)12-27-9-3-6-17(21(27)29)20(28)25-16-7-8-19(18(23)11-16)31-22-26-24-13-30-22/h2-11,13H,12H2,1H3,(H,25,28). The molecule has 0 unspecified atom stereocenters. The molecule has 4 aromatic rings. The number of aryl methyl sites for hydroxylation is 1. The maximum Gasteiger partial charge on any atom is 0.263 e. The van der Waals surface area contributed by atoms with E-state index in [0.29, 0.717) is 17.3 Å².